The van der Waals surface area contributed by atoms with Crippen LogP contribution in [0.1, 0.15) is 25.8 Å². The van der Waals surface area contributed by atoms with Crippen molar-refractivity contribution >= 4 is 16.7 Å². The number of rotatable bonds is 6. The SMILES string of the molecule is COCCC(C)(C)CNc1ccc2cc(C#N)ccc2n1. The number of anilines is 1. The van der Waals surface area contributed by atoms with E-state index in [1.807, 2.05) is 24.3 Å². The van der Waals surface area contributed by atoms with Crippen molar-refractivity contribution in [1.29, 1.82) is 5.26 Å². The highest BCUT2D eigenvalue weighted by molar-refractivity contribution is 5.81. The highest BCUT2D eigenvalue weighted by Gasteiger charge is 2.17. The molecule has 0 amide bonds. The van der Waals surface area contributed by atoms with E-state index in [4.69, 9.17) is 10.00 Å². The van der Waals surface area contributed by atoms with Crippen molar-refractivity contribution in [2.75, 3.05) is 25.6 Å². The lowest BCUT2D eigenvalue weighted by Gasteiger charge is -2.24. The Bertz CT molecular complexity index is 659. The van der Waals surface area contributed by atoms with Crippen LogP contribution < -0.4 is 5.32 Å². The maximum Gasteiger partial charge on any atom is 0.126 e. The fourth-order valence-electron chi connectivity index (χ4n) is 2.09. The van der Waals surface area contributed by atoms with Crippen molar-refractivity contribution in [3.8, 4) is 6.07 Å². The van der Waals surface area contributed by atoms with E-state index in [0.717, 1.165) is 36.3 Å². The molecule has 1 N–H and O–H groups in total. The third-order valence-electron chi connectivity index (χ3n) is 3.55. The number of hydrogen-bond acceptors (Lipinski definition) is 4. The number of ether oxygens (including phenoxy) is 1. The van der Waals surface area contributed by atoms with E-state index in [0.29, 0.717) is 5.56 Å². The molecule has 110 valence electrons. The molecule has 0 aliphatic heterocycles. The number of aromatic nitrogens is 1. The van der Waals surface area contributed by atoms with Gasteiger partial charge in [-0.15, -0.1) is 0 Å². The molecule has 0 bridgehead atoms. The van der Waals surface area contributed by atoms with Gasteiger partial charge in [0.1, 0.15) is 5.82 Å². The van der Waals surface area contributed by atoms with Crippen LogP contribution in [0.25, 0.3) is 10.9 Å². The molecule has 1 heterocycles. The summed E-state index contributed by atoms with van der Waals surface area (Å²) in [4.78, 5) is 4.58. The minimum atomic E-state index is 0.150. The Morgan fingerprint density at radius 2 is 2.10 bits per heavy atom. The molecule has 0 radical (unpaired) electrons. The standard InChI is InChI=1S/C17H21N3O/c1-17(2,8-9-21-3)12-19-16-7-5-14-10-13(11-18)4-6-15(14)20-16/h4-7,10H,8-9,12H2,1-3H3,(H,19,20). The molecule has 1 aromatic heterocycles. The monoisotopic (exact) mass is 283 g/mol. The number of benzene rings is 1. The second-order valence-electron chi connectivity index (χ2n) is 5.98. The third-order valence-corrected chi connectivity index (χ3v) is 3.55. The molecule has 0 saturated heterocycles. The Morgan fingerprint density at radius 1 is 1.29 bits per heavy atom. The van der Waals surface area contributed by atoms with E-state index in [-0.39, 0.29) is 5.41 Å². The summed E-state index contributed by atoms with van der Waals surface area (Å²) in [6.45, 7) is 6.01. The molecular weight excluding hydrogens is 262 g/mol. The van der Waals surface area contributed by atoms with Crippen LogP contribution >= 0.6 is 0 Å². The Balaban J connectivity index is 2.08. The maximum absolute atomic E-state index is 8.90. The Kier molecular flexibility index (Phi) is 4.77. The normalized spacial score (nSPS) is 11.3. The predicted molar refractivity (Wildman–Crippen MR) is 85.2 cm³/mol. The van der Waals surface area contributed by atoms with Crippen LogP contribution in [0.4, 0.5) is 5.82 Å². The Hall–Kier alpha value is -2.12. The second kappa shape index (κ2) is 6.55. The molecule has 0 aliphatic rings. The van der Waals surface area contributed by atoms with Crippen LogP contribution in [0.2, 0.25) is 0 Å². The lowest BCUT2D eigenvalue weighted by molar-refractivity contribution is 0.157. The van der Waals surface area contributed by atoms with Crippen molar-refractivity contribution in [2.24, 2.45) is 5.41 Å². The lowest BCUT2D eigenvalue weighted by atomic mass is 9.90. The van der Waals surface area contributed by atoms with Gasteiger partial charge in [-0.1, -0.05) is 13.8 Å². The molecule has 0 unspecified atom stereocenters. The zero-order chi connectivity index (χ0) is 15.3. The average Bonchev–Trinajstić information content (AvgIpc) is 2.50. The number of nitrogens with zero attached hydrogens (tertiary/aromatic N) is 2. The van der Waals surface area contributed by atoms with Crippen molar-refractivity contribution < 1.29 is 4.74 Å². The van der Waals surface area contributed by atoms with Gasteiger partial charge in [-0.05, 0) is 42.2 Å². The van der Waals surface area contributed by atoms with Crippen LogP contribution in [0.5, 0.6) is 0 Å². The molecule has 4 nitrogen and oxygen atoms in total. The van der Waals surface area contributed by atoms with Crippen molar-refractivity contribution in [3.05, 3.63) is 35.9 Å². The summed E-state index contributed by atoms with van der Waals surface area (Å²) in [7, 11) is 1.73. The van der Waals surface area contributed by atoms with Gasteiger partial charge in [0.05, 0.1) is 17.1 Å². The van der Waals surface area contributed by atoms with Gasteiger partial charge < -0.3 is 10.1 Å². The number of methoxy groups -OCH3 is 1. The summed E-state index contributed by atoms with van der Waals surface area (Å²) >= 11 is 0. The van der Waals surface area contributed by atoms with Crippen LogP contribution in [0, 0.1) is 16.7 Å². The number of nitrogens with one attached hydrogen (secondary N) is 1. The van der Waals surface area contributed by atoms with Crippen LogP contribution in [0.15, 0.2) is 30.3 Å². The highest BCUT2D eigenvalue weighted by atomic mass is 16.5. The molecule has 0 aliphatic carbocycles. The van der Waals surface area contributed by atoms with Crippen LogP contribution in [0.3, 0.4) is 0 Å². The molecular formula is C17H21N3O. The average molecular weight is 283 g/mol. The largest absolute Gasteiger partial charge is 0.385 e. The van der Waals surface area contributed by atoms with E-state index < -0.39 is 0 Å². The Labute approximate surface area is 125 Å². The van der Waals surface area contributed by atoms with Gasteiger partial charge in [-0.2, -0.15) is 5.26 Å². The number of nitriles is 1. The molecule has 0 fully saturated rings. The highest BCUT2D eigenvalue weighted by Crippen LogP contribution is 2.22. The molecule has 1 aromatic carbocycles. The van der Waals surface area contributed by atoms with Gasteiger partial charge in [0, 0.05) is 25.6 Å². The number of hydrogen-bond donors (Lipinski definition) is 1. The third kappa shape index (κ3) is 4.17. The first-order valence-electron chi connectivity index (χ1n) is 7.08. The van der Waals surface area contributed by atoms with Gasteiger partial charge in [0.25, 0.3) is 0 Å². The lowest BCUT2D eigenvalue weighted by Crippen LogP contribution is -2.24. The summed E-state index contributed by atoms with van der Waals surface area (Å²) < 4.78 is 5.14. The summed E-state index contributed by atoms with van der Waals surface area (Å²) in [6, 6.07) is 11.6. The molecule has 0 spiro atoms. The van der Waals surface area contributed by atoms with Gasteiger partial charge >= 0.3 is 0 Å². The summed E-state index contributed by atoms with van der Waals surface area (Å²) in [5, 5.41) is 13.3. The minimum Gasteiger partial charge on any atom is -0.385 e. The zero-order valence-corrected chi connectivity index (χ0v) is 12.8. The summed E-state index contributed by atoms with van der Waals surface area (Å²) in [5.41, 5.74) is 1.71. The second-order valence-corrected chi connectivity index (χ2v) is 5.98. The quantitative estimate of drug-likeness (QED) is 0.880. The zero-order valence-electron chi connectivity index (χ0n) is 12.8. The first-order chi connectivity index (χ1) is 10.0. The smallest absolute Gasteiger partial charge is 0.126 e. The van der Waals surface area contributed by atoms with E-state index in [2.05, 4.69) is 30.2 Å². The topological polar surface area (TPSA) is 57.9 Å². The van der Waals surface area contributed by atoms with Gasteiger partial charge in [-0.25, -0.2) is 4.98 Å². The first kappa shape index (κ1) is 15.3. The molecule has 4 heteroatoms. The van der Waals surface area contributed by atoms with Crippen LogP contribution in [-0.2, 0) is 4.74 Å². The van der Waals surface area contributed by atoms with E-state index in [9.17, 15) is 0 Å². The summed E-state index contributed by atoms with van der Waals surface area (Å²) in [6.07, 6.45) is 0.996. The molecule has 0 saturated carbocycles. The van der Waals surface area contributed by atoms with Crippen molar-refractivity contribution in [3.63, 3.8) is 0 Å². The summed E-state index contributed by atoms with van der Waals surface area (Å²) in [5.74, 6) is 0.859. The fraction of sp³-hybridized carbons (Fsp3) is 0.412. The fourth-order valence-corrected chi connectivity index (χ4v) is 2.09. The van der Waals surface area contributed by atoms with E-state index >= 15 is 0 Å². The van der Waals surface area contributed by atoms with Gasteiger partial charge in [0.2, 0.25) is 0 Å². The van der Waals surface area contributed by atoms with Crippen LogP contribution in [-0.4, -0.2) is 25.2 Å². The first-order valence-corrected chi connectivity index (χ1v) is 7.08. The van der Waals surface area contributed by atoms with Crippen molar-refractivity contribution in [2.45, 2.75) is 20.3 Å². The van der Waals surface area contributed by atoms with Gasteiger partial charge in [-0.3, -0.25) is 0 Å². The number of pyridine rings is 1. The molecule has 0 atom stereocenters. The minimum absolute atomic E-state index is 0.150. The number of fused-ring (bicyclic) bond motifs is 1. The molecule has 2 rings (SSSR count). The molecule has 21 heavy (non-hydrogen) atoms. The molecule has 2 aromatic rings. The van der Waals surface area contributed by atoms with E-state index in [1.165, 1.54) is 0 Å². The van der Waals surface area contributed by atoms with Crippen molar-refractivity contribution in [1.82, 2.24) is 4.98 Å². The van der Waals surface area contributed by atoms with Gasteiger partial charge in [0.15, 0.2) is 0 Å². The maximum atomic E-state index is 8.90. The predicted octanol–water partition coefficient (Wildman–Crippen LogP) is 3.58. The van der Waals surface area contributed by atoms with E-state index in [1.54, 1.807) is 13.2 Å². The Morgan fingerprint density at radius 3 is 2.81 bits per heavy atom.